The Morgan fingerprint density at radius 1 is 1.03 bits per heavy atom. The summed E-state index contributed by atoms with van der Waals surface area (Å²) in [6.45, 7) is 3.55. The molecule has 3 aromatic rings. The van der Waals surface area contributed by atoms with E-state index in [0.29, 0.717) is 43.2 Å². The molecule has 7 nitrogen and oxygen atoms in total. The van der Waals surface area contributed by atoms with Crippen molar-refractivity contribution in [3.05, 3.63) is 81.0 Å². The van der Waals surface area contributed by atoms with Crippen LogP contribution >= 0.6 is 11.3 Å². The van der Waals surface area contributed by atoms with Crippen molar-refractivity contribution in [3.63, 3.8) is 0 Å². The molecule has 4 rings (SSSR count). The van der Waals surface area contributed by atoms with Gasteiger partial charge < -0.3 is 24.0 Å². The fraction of sp³-hybridized carbons (Fsp3) is 0.379. The molecule has 0 N–H and O–H groups in total. The van der Waals surface area contributed by atoms with E-state index < -0.39 is 0 Å². The third-order valence-corrected chi connectivity index (χ3v) is 7.75. The fourth-order valence-corrected chi connectivity index (χ4v) is 5.74. The molecule has 0 saturated heterocycles. The minimum Gasteiger partial charge on any atom is -0.497 e. The molecular formula is C29H34N2O5S. The number of carbonyl (C=O) groups excluding carboxylic acids is 2. The number of rotatable bonds is 10. The van der Waals surface area contributed by atoms with Crippen molar-refractivity contribution < 1.29 is 23.8 Å². The van der Waals surface area contributed by atoms with Crippen LogP contribution in [0.2, 0.25) is 0 Å². The van der Waals surface area contributed by atoms with E-state index in [0.717, 1.165) is 17.5 Å². The highest BCUT2D eigenvalue weighted by atomic mass is 32.1. The van der Waals surface area contributed by atoms with Crippen molar-refractivity contribution in [1.82, 2.24) is 9.80 Å². The first kappa shape index (κ1) is 26.7. The van der Waals surface area contributed by atoms with Gasteiger partial charge in [-0.1, -0.05) is 24.3 Å². The Bertz CT molecular complexity index is 1220. The van der Waals surface area contributed by atoms with E-state index in [1.165, 1.54) is 10.4 Å². The molecule has 8 heteroatoms. The lowest BCUT2D eigenvalue weighted by Crippen LogP contribution is -2.47. The van der Waals surface area contributed by atoms with Crippen LogP contribution in [0.25, 0.3) is 0 Å². The van der Waals surface area contributed by atoms with Crippen LogP contribution in [-0.4, -0.2) is 69.2 Å². The number of carbonyl (C=O) groups is 2. The van der Waals surface area contributed by atoms with Gasteiger partial charge in [0.15, 0.2) is 0 Å². The number of ether oxygens (including phenoxy) is 3. The average Bonchev–Trinajstić information content (AvgIpc) is 3.40. The van der Waals surface area contributed by atoms with Gasteiger partial charge in [-0.05, 0) is 60.0 Å². The molecular weight excluding hydrogens is 488 g/mol. The molecule has 0 radical (unpaired) electrons. The minimum atomic E-state index is -0.248. The fourth-order valence-electron chi connectivity index (χ4n) is 4.83. The lowest BCUT2D eigenvalue weighted by atomic mass is 9.90. The predicted molar refractivity (Wildman–Crippen MR) is 145 cm³/mol. The Balaban J connectivity index is 1.63. The maximum atomic E-state index is 13.9. The van der Waals surface area contributed by atoms with Gasteiger partial charge in [-0.2, -0.15) is 0 Å². The van der Waals surface area contributed by atoms with Crippen LogP contribution in [0, 0.1) is 6.92 Å². The summed E-state index contributed by atoms with van der Waals surface area (Å²) in [7, 11) is 4.72. The molecule has 0 aliphatic carbocycles. The van der Waals surface area contributed by atoms with E-state index in [9.17, 15) is 9.59 Å². The topological polar surface area (TPSA) is 68.3 Å². The van der Waals surface area contributed by atoms with Gasteiger partial charge in [0, 0.05) is 43.3 Å². The van der Waals surface area contributed by atoms with Gasteiger partial charge in [-0.3, -0.25) is 9.59 Å². The van der Waals surface area contributed by atoms with Gasteiger partial charge >= 0.3 is 0 Å². The Kier molecular flexibility index (Phi) is 8.84. The second kappa shape index (κ2) is 12.3. The van der Waals surface area contributed by atoms with E-state index in [1.807, 2.05) is 17.0 Å². The number of fused-ring (bicyclic) bond motifs is 1. The highest BCUT2D eigenvalue weighted by Crippen LogP contribution is 2.39. The van der Waals surface area contributed by atoms with Crippen LogP contribution in [-0.2, 0) is 16.0 Å². The van der Waals surface area contributed by atoms with Crippen LogP contribution < -0.4 is 9.47 Å². The highest BCUT2D eigenvalue weighted by molar-refractivity contribution is 7.10. The Morgan fingerprint density at radius 3 is 2.43 bits per heavy atom. The third-order valence-electron chi connectivity index (χ3n) is 6.76. The largest absolute Gasteiger partial charge is 0.497 e. The summed E-state index contributed by atoms with van der Waals surface area (Å²) in [6.07, 6.45) is 1.43. The van der Waals surface area contributed by atoms with E-state index in [2.05, 4.69) is 30.5 Å². The molecule has 1 aliphatic rings. The van der Waals surface area contributed by atoms with Crippen molar-refractivity contribution in [1.29, 1.82) is 0 Å². The van der Waals surface area contributed by atoms with Gasteiger partial charge in [0.05, 0.1) is 20.3 Å². The zero-order valence-corrected chi connectivity index (χ0v) is 22.7. The number of thiophene rings is 1. The molecule has 0 spiro atoms. The Labute approximate surface area is 222 Å². The van der Waals surface area contributed by atoms with E-state index in [1.54, 1.807) is 55.8 Å². The van der Waals surface area contributed by atoms with Gasteiger partial charge in [0.1, 0.15) is 18.0 Å². The predicted octanol–water partition coefficient (Wildman–Crippen LogP) is 4.73. The summed E-state index contributed by atoms with van der Waals surface area (Å²) in [5.74, 6) is 0.714. The Hall–Kier alpha value is -3.36. The maximum Gasteiger partial charge on any atom is 0.254 e. The second-order valence-electron chi connectivity index (χ2n) is 9.07. The molecule has 1 aromatic heterocycles. The molecule has 1 atom stereocenters. The molecule has 2 aromatic carbocycles. The van der Waals surface area contributed by atoms with E-state index in [-0.39, 0.29) is 24.4 Å². The van der Waals surface area contributed by atoms with Gasteiger partial charge in [-0.25, -0.2) is 0 Å². The van der Waals surface area contributed by atoms with E-state index in [4.69, 9.17) is 14.2 Å². The van der Waals surface area contributed by atoms with Crippen LogP contribution in [0.15, 0.2) is 53.9 Å². The molecule has 0 fully saturated rings. The molecule has 1 unspecified atom stereocenters. The summed E-state index contributed by atoms with van der Waals surface area (Å²) in [4.78, 5) is 32.4. The second-order valence-corrected chi connectivity index (χ2v) is 10.1. The summed E-state index contributed by atoms with van der Waals surface area (Å²) in [5.41, 5.74) is 3.84. The first-order valence-electron chi connectivity index (χ1n) is 12.4. The van der Waals surface area contributed by atoms with Gasteiger partial charge in [-0.15, -0.1) is 11.3 Å². The molecule has 2 heterocycles. The number of methoxy groups -OCH3 is 3. The maximum absolute atomic E-state index is 13.9. The summed E-state index contributed by atoms with van der Waals surface area (Å²) in [5, 5.41) is 2.10. The first-order chi connectivity index (χ1) is 18.0. The minimum absolute atomic E-state index is 0.0239. The number of aryl methyl sites for hydroxylation is 1. The normalized spacial score (nSPS) is 14.7. The zero-order valence-electron chi connectivity index (χ0n) is 21.9. The lowest BCUT2D eigenvalue weighted by molar-refractivity contribution is -0.134. The number of nitrogens with zero attached hydrogens (tertiary/aromatic N) is 2. The van der Waals surface area contributed by atoms with Crippen LogP contribution in [0.1, 0.15) is 44.4 Å². The molecule has 2 amide bonds. The van der Waals surface area contributed by atoms with Crippen LogP contribution in [0.3, 0.4) is 0 Å². The number of amides is 2. The first-order valence-corrected chi connectivity index (χ1v) is 13.3. The lowest BCUT2D eigenvalue weighted by Gasteiger charge is -2.38. The average molecular weight is 523 g/mol. The summed E-state index contributed by atoms with van der Waals surface area (Å²) < 4.78 is 15.9. The third kappa shape index (κ3) is 5.97. The molecule has 0 bridgehead atoms. The monoisotopic (exact) mass is 522 g/mol. The molecule has 196 valence electrons. The van der Waals surface area contributed by atoms with Crippen molar-refractivity contribution in [2.45, 2.75) is 25.8 Å². The van der Waals surface area contributed by atoms with Crippen LogP contribution in [0.5, 0.6) is 11.5 Å². The number of hydrogen-bond acceptors (Lipinski definition) is 6. The van der Waals surface area contributed by atoms with Crippen molar-refractivity contribution in [3.8, 4) is 11.5 Å². The molecule has 0 saturated carbocycles. The summed E-state index contributed by atoms with van der Waals surface area (Å²) >= 11 is 1.74. The highest BCUT2D eigenvalue weighted by Gasteiger charge is 2.34. The number of benzene rings is 2. The zero-order chi connectivity index (χ0) is 26.4. The number of hydrogen-bond donors (Lipinski definition) is 0. The summed E-state index contributed by atoms with van der Waals surface area (Å²) in [6, 6.07) is 15.2. The van der Waals surface area contributed by atoms with Crippen molar-refractivity contribution in [2.75, 3.05) is 47.6 Å². The molecule has 37 heavy (non-hydrogen) atoms. The molecule has 1 aliphatic heterocycles. The smallest absolute Gasteiger partial charge is 0.254 e. The quantitative estimate of drug-likeness (QED) is 0.360. The standard InChI is InChI=1S/C29H34N2O5S/c1-20-8-5-6-9-24(20)28-25-11-15-37-26(25)10-13-31(28)27(32)19-30(12-7-14-34-2)29(33)21-16-22(35-3)18-23(17-21)36-4/h5-6,8-9,11,15-18,28H,7,10,12-14,19H2,1-4H3. The van der Waals surface area contributed by atoms with Gasteiger partial charge in [0.2, 0.25) is 5.91 Å². The Morgan fingerprint density at radius 2 is 1.76 bits per heavy atom. The van der Waals surface area contributed by atoms with Crippen LogP contribution in [0.4, 0.5) is 0 Å². The van der Waals surface area contributed by atoms with Crippen molar-refractivity contribution in [2.24, 2.45) is 0 Å². The SMILES string of the molecule is COCCCN(CC(=O)N1CCc2sccc2C1c1ccccc1C)C(=O)c1cc(OC)cc(OC)c1. The van der Waals surface area contributed by atoms with E-state index >= 15 is 0 Å². The van der Waals surface area contributed by atoms with Gasteiger partial charge in [0.25, 0.3) is 5.91 Å². The van der Waals surface area contributed by atoms with Crippen molar-refractivity contribution >= 4 is 23.2 Å².